The van der Waals surface area contributed by atoms with Crippen molar-refractivity contribution in [3.05, 3.63) is 66.5 Å². The molecular weight excluding hydrogens is 276 g/mol. The summed E-state index contributed by atoms with van der Waals surface area (Å²) in [6.45, 7) is 4.01. The van der Waals surface area contributed by atoms with Crippen molar-refractivity contribution in [1.29, 1.82) is 0 Å². The Morgan fingerprint density at radius 2 is 1.91 bits per heavy atom. The number of benzene rings is 1. The van der Waals surface area contributed by atoms with Crippen LogP contribution in [0, 0.1) is 0 Å². The monoisotopic (exact) mass is 296 g/mol. The molecule has 0 fully saturated rings. The van der Waals surface area contributed by atoms with E-state index in [4.69, 9.17) is 4.74 Å². The molecular formula is C17H20N4O. The van der Waals surface area contributed by atoms with Gasteiger partial charge >= 0.3 is 0 Å². The Kier molecular flexibility index (Phi) is 5.27. The molecule has 0 saturated heterocycles. The summed E-state index contributed by atoms with van der Waals surface area (Å²) < 4.78 is 5.67. The second-order valence-electron chi connectivity index (χ2n) is 4.85. The molecule has 22 heavy (non-hydrogen) atoms. The maximum Gasteiger partial charge on any atom is 0.219 e. The largest absolute Gasteiger partial charge is 0.439 e. The van der Waals surface area contributed by atoms with Gasteiger partial charge in [0, 0.05) is 39.0 Å². The Labute approximate surface area is 130 Å². The first-order valence-electron chi connectivity index (χ1n) is 6.89. The topological polar surface area (TPSA) is 49.8 Å². The van der Waals surface area contributed by atoms with E-state index in [9.17, 15) is 0 Å². The zero-order chi connectivity index (χ0) is 15.9. The minimum absolute atomic E-state index is 0.568. The number of hydrazine groups is 1. The van der Waals surface area contributed by atoms with Crippen molar-refractivity contribution >= 4 is 5.71 Å². The summed E-state index contributed by atoms with van der Waals surface area (Å²) in [6, 6.07) is 13.2. The smallest absolute Gasteiger partial charge is 0.219 e. The molecule has 0 radical (unpaired) electrons. The molecule has 2 rings (SSSR count). The maximum absolute atomic E-state index is 5.67. The van der Waals surface area contributed by atoms with Gasteiger partial charge in [-0.3, -0.25) is 4.99 Å². The Bertz CT molecular complexity index is 648. The zero-order valence-electron chi connectivity index (χ0n) is 13.1. The number of rotatable bonds is 6. The third kappa shape index (κ3) is 4.17. The molecule has 0 aliphatic heterocycles. The van der Waals surface area contributed by atoms with Gasteiger partial charge in [-0.1, -0.05) is 12.6 Å². The molecule has 0 atom stereocenters. The first-order valence-corrected chi connectivity index (χ1v) is 6.89. The standard InChI is InChI=1S/C17H20N4O/c1-13(20-21(3)4)17(18-2)14-8-10-15(11-9-14)22-16-7-5-6-12-19-16/h5-12,20H,1H2,2-4H3. The second kappa shape index (κ2) is 7.38. The van der Waals surface area contributed by atoms with E-state index in [2.05, 4.69) is 22.0 Å². The van der Waals surface area contributed by atoms with Crippen molar-refractivity contribution in [2.24, 2.45) is 4.99 Å². The third-order valence-electron chi connectivity index (χ3n) is 2.86. The van der Waals surface area contributed by atoms with Gasteiger partial charge in [-0.25, -0.2) is 9.99 Å². The van der Waals surface area contributed by atoms with Gasteiger partial charge in [0.15, 0.2) is 0 Å². The lowest BCUT2D eigenvalue weighted by Crippen LogP contribution is -2.32. The number of pyridine rings is 1. The Morgan fingerprint density at radius 3 is 2.45 bits per heavy atom. The average molecular weight is 296 g/mol. The van der Waals surface area contributed by atoms with Crippen LogP contribution in [0.15, 0.2) is 65.9 Å². The van der Waals surface area contributed by atoms with Crippen LogP contribution in [-0.4, -0.2) is 36.8 Å². The molecule has 2 aromatic rings. The highest BCUT2D eigenvalue weighted by Gasteiger charge is 2.08. The molecule has 0 aliphatic carbocycles. The van der Waals surface area contributed by atoms with Crippen LogP contribution in [0.2, 0.25) is 0 Å². The van der Waals surface area contributed by atoms with Crippen LogP contribution in [0.3, 0.4) is 0 Å². The molecule has 0 unspecified atom stereocenters. The van der Waals surface area contributed by atoms with E-state index in [1.165, 1.54) is 0 Å². The number of hydrogen-bond acceptors (Lipinski definition) is 5. The van der Waals surface area contributed by atoms with Crippen molar-refractivity contribution in [3.63, 3.8) is 0 Å². The lowest BCUT2D eigenvalue weighted by Gasteiger charge is -2.17. The molecule has 114 valence electrons. The first kappa shape index (κ1) is 15.7. The van der Waals surface area contributed by atoms with Crippen LogP contribution in [0.1, 0.15) is 5.56 Å². The van der Waals surface area contributed by atoms with Crippen LogP contribution < -0.4 is 10.2 Å². The summed E-state index contributed by atoms with van der Waals surface area (Å²) in [6.07, 6.45) is 1.70. The number of hydrogen-bond donors (Lipinski definition) is 1. The zero-order valence-corrected chi connectivity index (χ0v) is 13.1. The van der Waals surface area contributed by atoms with Gasteiger partial charge in [0.2, 0.25) is 5.88 Å². The van der Waals surface area contributed by atoms with Crippen LogP contribution in [-0.2, 0) is 0 Å². The number of ether oxygens (including phenoxy) is 1. The van der Waals surface area contributed by atoms with Crippen molar-refractivity contribution in [2.45, 2.75) is 0 Å². The van der Waals surface area contributed by atoms with Gasteiger partial charge < -0.3 is 10.2 Å². The van der Waals surface area contributed by atoms with E-state index in [-0.39, 0.29) is 0 Å². The van der Waals surface area contributed by atoms with E-state index in [1.54, 1.807) is 13.2 Å². The van der Waals surface area contributed by atoms with Crippen molar-refractivity contribution < 1.29 is 4.74 Å². The number of aliphatic imine (C=N–C) groups is 1. The van der Waals surface area contributed by atoms with Crippen molar-refractivity contribution in [1.82, 2.24) is 15.4 Å². The van der Waals surface area contributed by atoms with Crippen LogP contribution in [0.25, 0.3) is 0 Å². The molecule has 0 amide bonds. The summed E-state index contributed by atoms with van der Waals surface area (Å²) in [5, 5.41) is 1.83. The van der Waals surface area contributed by atoms with Crippen LogP contribution in [0.4, 0.5) is 0 Å². The average Bonchev–Trinajstić information content (AvgIpc) is 2.50. The lowest BCUT2D eigenvalue weighted by molar-refractivity contribution is 0.336. The number of nitrogens with zero attached hydrogens (tertiary/aromatic N) is 3. The predicted molar refractivity (Wildman–Crippen MR) is 89.2 cm³/mol. The van der Waals surface area contributed by atoms with Crippen molar-refractivity contribution in [3.8, 4) is 11.6 Å². The number of aromatic nitrogens is 1. The quantitative estimate of drug-likeness (QED) is 0.658. The third-order valence-corrected chi connectivity index (χ3v) is 2.86. The first-order chi connectivity index (χ1) is 10.6. The molecule has 1 heterocycles. The molecule has 5 heteroatoms. The van der Waals surface area contributed by atoms with Crippen LogP contribution in [0.5, 0.6) is 11.6 Å². The minimum Gasteiger partial charge on any atom is -0.439 e. The van der Waals surface area contributed by atoms with Crippen molar-refractivity contribution in [2.75, 3.05) is 21.1 Å². The highest BCUT2D eigenvalue weighted by Crippen LogP contribution is 2.20. The number of allylic oxidation sites excluding steroid dienone is 1. The molecule has 0 bridgehead atoms. The molecule has 0 spiro atoms. The Morgan fingerprint density at radius 1 is 1.18 bits per heavy atom. The summed E-state index contributed by atoms with van der Waals surface area (Å²) in [4.78, 5) is 8.43. The fraction of sp³-hybridized carbons (Fsp3) is 0.176. The van der Waals surface area contributed by atoms with E-state index < -0.39 is 0 Å². The summed E-state index contributed by atoms with van der Waals surface area (Å²) >= 11 is 0. The summed E-state index contributed by atoms with van der Waals surface area (Å²) in [5.74, 6) is 1.29. The second-order valence-corrected chi connectivity index (χ2v) is 4.85. The highest BCUT2D eigenvalue weighted by molar-refractivity contribution is 6.11. The predicted octanol–water partition coefficient (Wildman–Crippen LogP) is 2.87. The van der Waals surface area contributed by atoms with E-state index in [1.807, 2.05) is 61.6 Å². The molecule has 0 aliphatic rings. The maximum atomic E-state index is 5.67. The van der Waals surface area contributed by atoms with E-state index in [0.717, 1.165) is 22.7 Å². The molecule has 5 nitrogen and oxygen atoms in total. The lowest BCUT2D eigenvalue weighted by atomic mass is 10.1. The molecule has 1 aromatic carbocycles. The normalized spacial score (nSPS) is 11.4. The Balaban J connectivity index is 2.12. The van der Waals surface area contributed by atoms with E-state index in [0.29, 0.717) is 5.88 Å². The molecule has 0 saturated carbocycles. The fourth-order valence-electron chi connectivity index (χ4n) is 1.97. The minimum atomic E-state index is 0.568. The van der Waals surface area contributed by atoms with Crippen LogP contribution >= 0.6 is 0 Å². The SMILES string of the molecule is C=C(NN(C)C)C(=NC)c1ccc(Oc2ccccn2)cc1. The van der Waals surface area contributed by atoms with Gasteiger partial charge in [0.25, 0.3) is 0 Å². The number of nitrogens with one attached hydrogen (secondary N) is 1. The summed E-state index contributed by atoms with van der Waals surface area (Å²) in [5.41, 5.74) is 5.63. The fourth-order valence-corrected chi connectivity index (χ4v) is 1.97. The van der Waals surface area contributed by atoms with Gasteiger partial charge in [-0.05, 0) is 30.3 Å². The van der Waals surface area contributed by atoms with Gasteiger partial charge in [0.05, 0.1) is 11.4 Å². The van der Waals surface area contributed by atoms with Gasteiger partial charge in [0.1, 0.15) is 5.75 Å². The van der Waals surface area contributed by atoms with E-state index >= 15 is 0 Å². The summed E-state index contributed by atoms with van der Waals surface area (Å²) in [7, 11) is 5.56. The molecule has 1 N–H and O–H groups in total. The molecule has 1 aromatic heterocycles. The van der Waals surface area contributed by atoms with Gasteiger partial charge in [-0.15, -0.1) is 0 Å². The van der Waals surface area contributed by atoms with Gasteiger partial charge in [-0.2, -0.15) is 0 Å². The Hall–Kier alpha value is -2.66. The highest BCUT2D eigenvalue weighted by atomic mass is 16.5.